The van der Waals surface area contributed by atoms with Crippen molar-refractivity contribution in [2.45, 2.75) is 19.8 Å². The number of hydrogen-bond acceptors (Lipinski definition) is 4. The van der Waals surface area contributed by atoms with Gasteiger partial charge in [-0.15, -0.1) is 0 Å². The number of benzene rings is 1. The molecule has 1 aromatic carbocycles. The van der Waals surface area contributed by atoms with Crippen molar-refractivity contribution >= 4 is 5.82 Å². The molecule has 0 aliphatic rings. The fraction of sp³-hybridized carbons (Fsp3) is 0.286. The number of methoxy groups -OCH3 is 1. The van der Waals surface area contributed by atoms with Gasteiger partial charge in [0.15, 0.2) is 0 Å². The molecule has 0 aliphatic heterocycles. The molecule has 0 spiro atoms. The Balaban J connectivity index is 2.06. The van der Waals surface area contributed by atoms with Crippen LogP contribution in [0.1, 0.15) is 17.1 Å². The fourth-order valence-corrected chi connectivity index (χ4v) is 1.85. The van der Waals surface area contributed by atoms with Crippen molar-refractivity contribution in [2.75, 3.05) is 12.8 Å². The molecule has 2 rings (SSSR count). The molecular weight excluding hydrogens is 226 g/mol. The topological polar surface area (TPSA) is 61.0 Å². The third-order valence-corrected chi connectivity index (χ3v) is 2.69. The van der Waals surface area contributed by atoms with Crippen LogP contribution in [0.5, 0.6) is 5.75 Å². The highest BCUT2D eigenvalue weighted by molar-refractivity contribution is 5.31. The van der Waals surface area contributed by atoms with Gasteiger partial charge in [-0.3, -0.25) is 0 Å². The van der Waals surface area contributed by atoms with Crippen LogP contribution < -0.4 is 10.5 Å². The molecule has 0 saturated heterocycles. The molecule has 0 radical (unpaired) electrons. The molecule has 0 aliphatic carbocycles. The van der Waals surface area contributed by atoms with Crippen molar-refractivity contribution in [3.63, 3.8) is 0 Å². The monoisotopic (exact) mass is 243 g/mol. The molecule has 0 amide bonds. The van der Waals surface area contributed by atoms with Gasteiger partial charge >= 0.3 is 0 Å². The van der Waals surface area contributed by atoms with Crippen LogP contribution in [0.2, 0.25) is 0 Å². The van der Waals surface area contributed by atoms with E-state index in [1.165, 1.54) is 5.56 Å². The summed E-state index contributed by atoms with van der Waals surface area (Å²) >= 11 is 0. The van der Waals surface area contributed by atoms with Gasteiger partial charge in [-0.25, -0.2) is 9.97 Å². The summed E-state index contributed by atoms with van der Waals surface area (Å²) in [6.45, 7) is 1.92. The second-order valence-electron chi connectivity index (χ2n) is 4.20. The standard InChI is InChI=1S/C14H17N3O/c1-10-8-13(15)17-14(16-10)7-6-11-4-3-5-12(9-11)18-2/h3-5,8-9H,6-7H2,1-2H3,(H2,15,16,17). The van der Waals surface area contributed by atoms with Gasteiger partial charge < -0.3 is 10.5 Å². The Bertz CT molecular complexity index is 520. The highest BCUT2D eigenvalue weighted by Gasteiger charge is 2.02. The SMILES string of the molecule is COc1cccc(CCc2nc(C)cc(N)n2)c1. The van der Waals surface area contributed by atoms with E-state index in [1.54, 1.807) is 13.2 Å². The summed E-state index contributed by atoms with van der Waals surface area (Å²) in [7, 11) is 1.67. The number of ether oxygens (including phenoxy) is 1. The van der Waals surface area contributed by atoms with Crippen LogP contribution in [0, 0.1) is 6.92 Å². The molecule has 2 N–H and O–H groups in total. The smallest absolute Gasteiger partial charge is 0.131 e. The highest BCUT2D eigenvalue weighted by atomic mass is 16.5. The molecular formula is C14H17N3O. The van der Waals surface area contributed by atoms with E-state index in [2.05, 4.69) is 16.0 Å². The van der Waals surface area contributed by atoms with Gasteiger partial charge in [0.05, 0.1) is 7.11 Å². The Morgan fingerprint density at radius 1 is 1.17 bits per heavy atom. The zero-order valence-electron chi connectivity index (χ0n) is 10.7. The van der Waals surface area contributed by atoms with Gasteiger partial charge in [-0.05, 0) is 31.0 Å². The molecule has 1 aromatic heterocycles. The first-order valence-corrected chi connectivity index (χ1v) is 5.90. The zero-order chi connectivity index (χ0) is 13.0. The number of nitrogens with zero attached hydrogens (tertiary/aromatic N) is 2. The molecule has 1 heterocycles. The van der Waals surface area contributed by atoms with Crippen LogP contribution in [0.25, 0.3) is 0 Å². The van der Waals surface area contributed by atoms with E-state index in [-0.39, 0.29) is 0 Å². The van der Waals surface area contributed by atoms with Gasteiger partial charge in [0.25, 0.3) is 0 Å². The van der Waals surface area contributed by atoms with Crippen LogP contribution >= 0.6 is 0 Å². The van der Waals surface area contributed by atoms with Crippen LogP contribution in [0.4, 0.5) is 5.82 Å². The maximum atomic E-state index is 5.70. The Kier molecular flexibility index (Phi) is 3.77. The Labute approximate surface area is 107 Å². The van der Waals surface area contributed by atoms with E-state index in [4.69, 9.17) is 10.5 Å². The van der Waals surface area contributed by atoms with E-state index in [0.29, 0.717) is 5.82 Å². The lowest BCUT2D eigenvalue weighted by molar-refractivity contribution is 0.414. The lowest BCUT2D eigenvalue weighted by atomic mass is 10.1. The van der Waals surface area contributed by atoms with Crippen molar-refractivity contribution in [1.82, 2.24) is 9.97 Å². The van der Waals surface area contributed by atoms with Gasteiger partial charge in [0.2, 0.25) is 0 Å². The second-order valence-corrected chi connectivity index (χ2v) is 4.20. The van der Waals surface area contributed by atoms with Crippen molar-refractivity contribution in [3.8, 4) is 5.75 Å². The predicted molar refractivity (Wildman–Crippen MR) is 71.6 cm³/mol. The third-order valence-electron chi connectivity index (χ3n) is 2.69. The molecule has 18 heavy (non-hydrogen) atoms. The normalized spacial score (nSPS) is 10.3. The summed E-state index contributed by atoms with van der Waals surface area (Å²) in [5.41, 5.74) is 7.82. The minimum atomic E-state index is 0.531. The average molecular weight is 243 g/mol. The molecule has 4 heteroatoms. The van der Waals surface area contributed by atoms with E-state index < -0.39 is 0 Å². The molecule has 2 aromatic rings. The third kappa shape index (κ3) is 3.20. The van der Waals surface area contributed by atoms with Gasteiger partial charge in [0, 0.05) is 18.2 Å². The molecule has 0 saturated carbocycles. The number of aryl methyl sites for hydroxylation is 3. The van der Waals surface area contributed by atoms with Crippen molar-refractivity contribution < 1.29 is 4.74 Å². The molecule has 0 bridgehead atoms. The molecule has 0 atom stereocenters. The number of rotatable bonds is 4. The van der Waals surface area contributed by atoms with Crippen LogP contribution in [-0.4, -0.2) is 17.1 Å². The fourth-order valence-electron chi connectivity index (χ4n) is 1.85. The van der Waals surface area contributed by atoms with E-state index >= 15 is 0 Å². The quantitative estimate of drug-likeness (QED) is 0.894. The zero-order valence-corrected chi connectivity index (χ0v) is 10.7. The highest BCUT2D eigenvalue weighted by Crippen LogP contribution is 2.14. The minimum absolute atomic E-state index is 0.531. The summed E-state index contributed by atoms with van der Waals surface area (Å²) in [6, 6.07) is 9.79. The van der Waals surface area contributed by atoms with Crippen LogP contribution in [-0.2, 0) is 12.8 Å². The Morgan fingerprint density at radius 2 is 2.00 bits per heavy atom. The molecule has 0 fully saturated rings. The van der Waals surface area contributed by atoms with E-state index in [9.17, 15) is 0 Å². The Morgan fingerprint density at radius 3 is 2.72 bits per heavy atom. The summed E-state index contributed by atoms with van der Waals surface area (Å²) in [5, 5.41) is 0. The maximum absolute atomic E-state index is 5.70. The average Bonchev–Trinajstić information content (AvgIpc) is 2.35. The number of nitrogen functional groups attached to an aromatic ring is 1. The van der Waals surface area contributed by atoms with E-state index in [1.807, 2.05) is 25.1 Å². The molecule has 94 valence electrons. The summed E-state index contributed by atoms with van der Waals surface area (Å²) in [5.74, 6) is 2.19. The summed E-state index contributed by atoms with van der Waals surface area (Å²) in [4.78, 5) is 8.60. The maximum Gasteiger partial charge on any atom is 0.131 e. The van der Waals surface area contributed by atoms with Crippen LogP contribution in [0.15, 0.2) is 30.3 Å². The van der Waals surface area contributed by atoms with E-state index in [0.717, 1.165) is 30.1 Å². The van der Waals surface area contributed by atoms with Crippen molar-refractivity contribution in [3.05, 3.63) is 47.4 Å². The molecule has 4 nitrogen and oxygen atoms in total. The first kappa shape index (κ1) is 12.4. The first-order chi connectivity index (χ1) is 8.67. The predicted octanol–water partition coefficient (Wildman–Crippen LogP) is 2.16. The minimum Gasteiger partial charge on any atom is -0.497 e. The number of hydrogen-bond donors (Lipinski definition) is 1. The van der Waals surface area contributed by atoms with Gasteiger partial charge in [0.1, 0.15) is 17.4 Å². The lowest BCUT2D eigenvalue weighted by Crippen LogP contribution is -2.03. The summed E-state index contributed by atoms with van der Waals surface area (Å²) in [6.07, 6.45) is 1.65. The lowest BCUT2D eigenvalue weighted by Gasteiger charge is -2.05. The van der Waals surface area contributed by atoms with Crippen molar-refractivity contribution in [1.29, 1.82) is 0 Å². The summed E-state index contributed by atoms with van der Waals surface area (Å²) < 4.78 is 5.19. The number of anilines is 1. The van der Waals surface area contributed by atoms with Crippen LogP contribution in [0.3, 0.4) is 0 Å². The Hall–Kier alpha value is -2.10. The van der Waals surface area contributed by atoms with Gasteiger partial charge in [-0.2, -0.15) is 0 Å². The first-order valence-electron chi connectivity index (χ1n) is 5.90. The second kappa shape index (κ2) is 5.49. The van der Waals surface area contributed by atoms with Gasteiger partial charge in [-0.1, -0.05) is 12.1 Å². The molecule has 0 unspecified atom stereocenters. The largest absolute Gasteiger partial charge is 0.497 e. The van der Waals surface area contributed by atoms with Crippen molar-refractivity contribution in [2.24, 2.45) is 0 Å². The number of nitrogens with two attached hydrogens (primary N) is 1. The number of aromatic nitrogens is 2.